The maximum Gasteiger partial charge on any atom is 0.142 e. The highest BCUT2D eigenvalue weighted by molar-refractivity contribution is 5.54. The van der Waals surface area contributed by atoms with Gasteiger partial charge in [0.15, 0.2) is 0 Å². The average molecular weight is 177 g/mol. The highest BCUT2D eigenvalue weighted by Crippen LogP contribution is 2.29. The van der Waals surface area contributed by atoms with Crippen molar-refractivity contribution in [2.45, 2.75) is 32.3 Å². The van der Waals surface area contributed by atoms with Crippen molar-refractivity contribution in [3.8, 4) is 5.75 Å². The first-order valence-electron chi connectivity index (χ1n) is 4.78. The summed E-state index contributed by atoms with van der Waals surface area (Å²) < 4.78 is 5.71. The predicted molar refractivity (Wildman–Crippen MR) is 53.9 cm³/mol. The van der Waals surface area contributed by atoms with E-state index in [1.807, 2.05) is 25.1 Å². The van der Waals surface area contributed by atoms with Crippen LogP contribution < -0.4 is 10.5 Å². The summed E-state index contributed by atoms with van der Waals surface area (Å²) >= 11 is 0. The lowest BCUT2D eigenvalue weighted by molar-refractivity contribution is 0.121. The zero-order chi connectivity index (χ0) is 9.26. The highest BCUT2D eigenvalue weighted by atomic mass is 16.5. The molecule has 0 amide bonds. The molecule has 0 spiro atoms. The Hall–Kier alpha value is -1.18. The lowest BCUT2D eigenvalue weighted by Crippen LogP contribution is -2.24. The summed E-state index contributed by atoms with van der Waals surface area (Å²) in [5.74, 6) is 0.843. The number of aryl methyl sites for hydroxylation is 1. The molecule has 2 heteroatoms. The van der Waals surface area contributed by atoms with Gasteiger partial charge in [-0.15, -0.1) is 0 Å². The van der Waals surface area contributed by atoms with Gasteiger partial charge in [-0.3, -0.25) is 0 Å². The molecule has 1 aromatic rings. The molecule has 0 unspecified atom stereocenters. The normalized spacial score (nSPS) is 16.7. The summed E-state index contributed by atoms with van der Waals surface area (Å²) in [6.07, 6.45) is 4.04. The maximum absolute atomic E-state index is 5.82. The molecule has 70 valence electrons. The molecule has 1 aliphatic carbocycles. The topological polar surface area (TPSA) is 35.2 Å². The zero-order valence-corrected chi connectivity index (χ0v) is 7.92. The van der Waals surface area contributed by atoms with Crippen molar-refractivity contribution in [3.05, 3.63) is 23.8 Å². The average Bonchev–Trinajstić information content (AvgIpc) is 1.99. The van der Waals surface area contributed by atoms with Gasteiger partial charge in [0.25, 0.3) is 0 Å². The molecule has 13 heavy (non-hydrogen) atoms. The van der Waals surface area contributed by atoms with Crippen molar-refractivity contribution in [2.75, 3.05) is 5.73 Å². The quantitative estimate of drug-likeness (QED) is 0.704. The first kappa shape index (κ1) is 8.42. The van der Waals surface area contributed by atoms with Crippen LogP contribution in [0.2, 0.25) is 0 Å². The van der Waals surface area contributed by atoms with Crippen molar-refractivity contribution >= 4 is 5.69 Å². The predicted octanol–water partition coefficient (Wildman–Crippen LogP) is 2.51. The second-order valence-electron chi connectivity index (χ2n) is 3.71. The number of hydrogen-bond acceptors (Lipinski definition) is 2. The molecule has 0 aromatic heterocycles. The van der Waals surface area contributed by atoms with Crippen molar-refractivity contribution < 1.29 is 4.74 Å². The van der Waals surface area contributed by atoms with Crippen LogP contribution in [0.4, 0.5) is 5.69 Å². The second kappa shape index (κ2) is 3.29. The smallest absolute Gasteiger partial charge is 0.142 e. The molecule has 0 aliphatic heterocycles. The van der Waals surface area contributed by atoms with Gasteiger partial charge in [-0.2, -0.15) is 0 Å². The van der Waals surface area contributed by atoms with Gasteiger partial charge in [-0.05, 0) is 43.9 Å². The Kier molecular flexibility index (Phi) is 2.13. The lowest BCUT2D eigenvalue weighted by atomic mass is 9.96. The summed E-state index contributed by atoms with van der Waals surface area (Å²) in [4.78, 5) is 0. The molecule has 1 aliphatic rings. The molecule has 2 rings (SSSR count). The van der Waals surface area contributed by atoms with Crippen LogP contribution in [0.25, 0.3) is 0 Å². The lowest BCUT2D eigenvalue weighted by Gasteiger charge is -2.27. The Morgan fingerprint density at radius 2 is 2.15 bits per heavy atom. The van der Waals surface area contributed by atoms with Crippen LogP contribution in [0.5, 0.6) is 5.75 Å². The van der Waals surface area contributed by atoms with Crippen LogP contribution in [0.3, 0.4) is 0 Å². The third kappa shape index (κ3) is 1.77. The van der Waals surface area contributed by atoms with Crippen molar-refractivity contribution in [1.29, 1.82) is 0 Å². The largest absolute Gasteiger partial charge is 0.488 e. The van der Waals surface area contributed by atoms with Gasteiger partial charge in [0.2, 0.25) is 0 Å². The number of anilines is 1. The molecule has 2 N–H and O–H groups in total. The van der Waals surface area contributed by atoms with Crippen LogP contribution >= 0.6 is 0 Å². The number of nitrogens with two attached hydrogens (primary N) is 1. The summed E-state index contributed by atoms with van der Waals surface area (Å²) in [6.45, 7) is 2.03. The number of hydrogen-bond donors (Lipinski definition) is 1. The van der Waals surface area contributed by atoms with E-state index < -0.39 is 0 Å². The van der Waals surface area contributed by atoms with Crippen molar-refractivity contribution in [3.63, 3.8) is 0 Å². The fraction of sp³-hybridized carbons (Fsp3) is 0.455. The van der Waals surface area contributed by atoms with Crippen molar-refractivity contribution in [1.82, 2.24) is 0 Å². The molecule has 1 fully saturated rings. The third-order valence-electron chi connectivity index (χ3n) is 2.51. The van der Waals surface area contributed by atoms with Crippen LogP contribution in [0, 0.1) is 6.92 Å². The van der Waals surface area contributed by atoms with E-state index in [2.05, 4.69) is 0 Å². The van der Waals surface area contributed by atoms with Gasteiger partial charge in [0.1, 0.15) is 5.75 Å². The van der Waals surface area contributed by atoms with Crippen LogP contribution in [-0.4, -0.2) is 6.10 Å². The maximum atomic E-state index is 5.82. The number of ether oxygens (including phenoxy) is 1. The minimum atomic E-state index is 0.407. The minimum Gasteiger partial charge on any atom is -0.488 e. The van der Waals surface area contributed by atoms with Crippen molar-refractivity contribution in [2.24, 2.45) is 0 Å². The summed E-state index contributed by atoms with van der Waals surface area (Å²) in [7, 11) is 0. The van der Waals surface area contributed by atoms with E-state index in [1.165, 1.54) is 24.8 Å². The summed E-state index contributed by atoms with van der Waals surface area (Å²) in [5, 5.41) is 0. The van der Waals surface area contributed by atoms with Gasteiger partial charge >= 0.3 is 0 Å². The van der Waals surface area contributed by atoms with E-state index in [9.17, 15) is 0 Å². The minimum absolute atomic E-state index is 0.407. The Morgan fingerprint density at radius 1 is 1.38 bits per heavy atom. The number of nitrogen functional groups attached to an aromatic ring is 1. The molecule has 1 aromatic carbocycles. The van der Waals surface area contributed by atoms with Crippen LogP contribution in [-0.2, 0) is 0 Å². The van der Waals surface area contributed by atoms with Gasteiger partial charge in [-0.1, -0.05) is 6.07 Å². The molecule has 0 heterocycles. The van der Waals surface area contributed by atoms with E-state index in [-0.39, 0.29) is 0 Å². The van der Waals surface area contributed by atoms with E-state index in [1.54, 1.807) is 0 Å². The van der Waals surface area contributed by atoms with E-state index in [0.29, 0.717) is 6.10 Å². The van der Waals surface area contributed by atoms with Gasteiger partial charge < -0.3 is 10.5 Å². The third-order valence-corrected chi connectivity index (χ3v) is 2.51. The molecule has 0 bridgehead atoms. The zero-order valence-electron chi connectivity index (χ0n) is 7.92. The SMILES string of the molecule is Cc1ccc(OC2CCC2)c(N)c1. The summed E-state index contributed by atoms with van der Waals surface area (Å²) in [5.41, 5.74) is 7.76. The Balaban J connectivity index is 2.10. The number of benzene rings is 1. The first-order valence-corrected chi connectivity index (χ1v) is 4.78. The number of rotatable bonds is 2. The molecule has 1 saturated carbocycles. The van der Waals surface area contributed by atoms with Crippen LogP contribution in [0.15, 0.2) is 18.2 Å². The second-order valence-corrected chi connectivity index (χ2v) is 3.71. The highest BCUT2D eigenvalue weighted by Gasteiger charge is 2.19. The van der Waals surface area contributed by atoms with E-state index >= 15 is 0 Å². The van der Waals surface area contributed by atoms with Gasteiger partial charge in [0, 0.05) is 0 Å². The Morgan fingerprint density at radius 3 is 2.69 bits per heavy atom. The molecule has 2 nitrogen and oxygen atoms in total. The standard InChI is InChI=1S/C11H15NO/c1-8-5-6-11(10(12)7-8)13-9-3-2-4-9/h5-7,9H,2-4,12H2,1H3. The monoisotopic (exact) mass is 177 g/mol. The Labute approximate surface area is 78.7 Å². The molecule has 0 atom stereocenters. The first-order chi connectivity index (χ1) is 6.25. The van der Waals surface area contributed by atoms with Gasteiger partial charge in [-0.25, -0.2) is 0 Å². The molecule has 0 radical (unpaired) electrons. The molecule has 0 saturated heterocycles. The molecular weight excluding hydrogens is 162 g/mol. The van der Waals surface area contributed by atoms with E-state index in [0.717, 1.165) is 11.4 Å². The fourth-order valence-electron chi connectivity index (χ4n) is 1.44. The molecular formula is C11H15NO. The summed E-state index contributed by atoms with van der Waals surface area (Å²) in [6, 6.07) is 5.95. The van der Waals surface area contributed by atoms with Crippen LogP contribution in [0.1, 0.15) is 24.8 Å². The van der Waals surface area contributed by atoms with Gasteiger partial charge in [0.05, 0.1) is 11.8 Å². The van der Waals surface area contributed by atoms with E-state index in [4.69, 9.17) is 10.5 Å². The fourth-order valence-corrected chi connectivity index (χ4v) is 1.44. The Bertz CT molecular complexity index is 305.